The minimum absolute atomic E-state index is 0.0311. The van der Waals surface area contributed by atoms with Crippen LogP contribution >= 0.6 is 11.6 Å². The third kappa shape index (κ3) is 4.52. The molecule has 7 heteroatoms. The lowest BCUT2D eigenvalue weighted by Gasteiger charge is -2.22. The molecule has 0 heterocycles. The Bertz CT molecular complexity index is 513. The Morgan fingerprint density at radius 2 is 1.90 bits per heavy atom. The van der Waals surface area contributed by atoms with Gasteiger partial charge in [0.1, 0.15) is 6.10 Å². The van der Waals surface area contributed by atoms with E-state index in [1.165, 1.54) is 0 Å². The molecular weight excluding hydrogens is 307 g/mol. The van der Waals surface area contributed by atoms with E-state index >= 15 is 0 Å². The van der Waals surface area contributed by atoms with E-state index in [2.05, 4.69) is 5.32 Å². The summed E-state index contributed by atoms with van der Waals surface area (Å²) in [7, 11) is 0. The summed E-state index contributed by atoms with van der Waals surface area (Å²) >= 11 is 5.80. The highest BCUT2D eigenvalue weighted by molar-refractivity contribution is 6.33. The molecule has 21 heavy (non-hydrogen) atoms. The number of amides is 1. The summed E-state index contributed by atoms with van der Waals surface area (Å²) in [5.41, 5.74) is -0.979. The van der Waals surface area contributed by atoms with Gasteiger partial charge in [-0.15, -0.1) is 0 Å². The summed E-state index contributed by atoms with van der Waals surface area (Å²) in [5.74, 6) is 0. The summed E-state index contributed by atoms with van der Waals surface area (Å²) < 4.78 is 43.1. The Morgan fingerprint density at radius 3 is 2.52 bits per heavy atom. The van der Waals surface area contributed by atoms with Crippen molar-refractivity contribution in [3.63, 3.8) is 0 Å². The Kier molecular flexibility index (Phi) is 4.98. The number of carbonyl (C=O) groups excluding carboxylic acids is 1. The highest BCUT2D eigenvalue weighted by atomic mass is 35.5. The fourth-order valence-corrected chi connectivity index (χ4v) is 2.44. The normalized spacial score (nSPS) is 16.6. The zero-order valence-corrected chi connectivity index (χ0v) is 11.9. The van der Waals surface area contributed by atoms with E-state index in [1.54, 1.807) is 0 Å². The van der Waals surface area contributed by atoms with Gasteiger partial charge in [-0.25, -0.2) is 4.79 Å². The van der Waals surface area contributed by atoms with Crippen molar-refractivity contribution in [3.8, 4) is 0 Å². The molecule has 1 aliphatic rings. The van der Waals surface area contributed by atoms with Gasteiger partial charge in [-0.2, -0.15) is 13.2 Å². The van der Waals surface area contributed by atoms with Crippen LogP contribution < -0.4 is 5.32 Å². The van der Waals surface area contributed by atoms with Gasteiger partial charge >= 0.3 is 12.3 Å². The number of nitrogens with one attached hydrogen (secondary N) is 1. The molecular formula is C14H15ClF3NO2. The summed E-state index contributed by atoms with van der Waals surface area (Å²) in [6, 6.07) is 2.76. The van der Waals surface area contributed by atoms with Crippen molar-refractivity contribution in [2.45, 2.75) is 44.4 Å². The topological polar surface area (TPSA) is 38.3 Å². The van der Waals surface area contributed by atoms with Gasteiger partial charge in [0.2, 0.25) is 0 Å². The molecule has 0 aromatic heterocycles. The smallest absolute Gasteiger partial charge is 0.416 e. The number of rotatable bonds is 2. The SMILES string of the molecule is O=C(Nc1cc(C(F)(F)F)ccc1Cl)OC1CCCCC1. The van der Waals surface area contributed by atoms with E-state index in [0.29, 0.717) is 0 Å². The van der Waals surface area contributed by atoms with Crippen LogP contribution in [0.1, 0.15) is 37.7 Å². The number of anilines is 1. The number of benzene rings is 1. The van der Waals surface area contributed by atoms with Crippen LogP contribution in [0.15, 0.2) is 18.2 Å². The molecule has 0 bridgehead atoms. The molecule has 0 saturated heterocycles. The first-order chi connectivity index (χ1) is 9.86. The minimum atomic E-state index is -4.49. The van der Waals surface area contributed by atoms with Gasteiger partial charge in [-0.1, -0.05) is 18.0 Å². The molecule has 3 nitrogen and oxygen atoms in total. The Hall–Kier alpha value is -1.43. The van der Waals surface area contributed by atoms with E-state index in [1.807, 2.05) is 0 Å². The first-order valence-electron chi connectivity index (χ1n) is 6.70. The maximum atomic E-state index is 12.6. The Morgan fingerprint density at radius 1 is 1.24 bits per heavy atom. The van der Waals surface area contributed by atoms with Crippen molar-refractivity contribution >= 4 is 23.4 Å². The van der Waals surface area contributed by atoms with Crippen LogP contribution in [0.25, 0.3) is 0 Å². The number of halogens is 4. The summed E-state index contributed by atoms with van der Waals surface area (Å²) in [4.78, 5) is 11.7. The van der Waals surface area contributed by atoms with Crippen LogP contribution in [0.4, 0.5) is 23.7 Å². The second kappa shape index (κ2) is 6.56. The fourth-order valence-electron chi connectivity index (χ4n) is 2.27. The molecule has 1 N–H and O–H groups in total. The lowest BCUT2D eigenvalue weighted by Crippen LogP contribution is -2.24. The molecule has 1 aromatic carbocycles. The maximum Gasteiger partial charge on any atom is 0.416 e. The monoisotopic (exact) mass is 321 g/mol. The molecule has 0 unspecified atom stereocenters. The van der Waals surface area contributed by atoms with Gasteiger partial charge < -0.3 is 4.74 Å². The number of carbonyl (C=O) groups is 1. The predicted octanol–water partition coefficient (Wildman–Crippen LogP) is 5.24. The third-order valence-corrected chi connectivity index (χ3v) is 3.69. The van der Waals surface area contributed by atoms with E-state index in [0.717, 1.165) is 50.3 Å². The quantitative estimate of drug-likeness (QED) is 0.809. The molecule has 116 valence electrons. The number of hydrogen-bond donors (Lipinski definition) is 1. The van der Waals surface area contributed by atoms with Crippen molar-refractivity contribution in [2.24, 2.45) is 0 Å². The first-order valence-corrected chi connectivity index (χ1v) is 7.08. The van der Waals surface area contributed by atoms with Gasteiger partial charge in [-0.05, 0) is 43.9 Å². The molecule has 1 aliphatic carbocycles. The largest absolute Gasteiger partial charge is 0.446 e. The highest BCUT2D eigenvalue weighted by Crippen LogP contribution is 2.34. The molecule has 2 rings (SSSR count). The van der Waals surface area contributed by atoms with Crippen LogP contribution in [-0.4, -0.2) is 12.2 Å². The van der Waals surface area contributed by atoms with Crippen molar-refractivity contribution in [3.05, 3.63) is 28.8 Å². The molecule has 0 radical (unpaired) electrons. The van der Waals surface area contributed by atoms with Gasteiger partial charge in [0.25, 0.3) is 0 Å². The van der Waals surface area contributed by atoms with Crippen molar-refractivity contribution in [1.29, 1.82) is 0 Å². The zero-order chi connectivity index (χ0) is 15.5. The number of alkyl halides is 3. The molecule has 0 spiro atoms. The van der Waals surface area contributed by atoms with Crippen molar-refractivity contribution < 1.29 is 22.7 Å². The van der Waals surface area contributed by atoms with E-state index < -0.39 is 17.8 Å². The average molecular weight is 322 g/mol. The van der Waals surface area contributed by atoms with E-state index in [9.17, 15) is 18.0 Å². The standard InChI is InChI=1S/C14H15ClF3NO2/c15-11-7-6-9(14(16,17)18)8-12(11)19-13(20)21-10-4-2-1-3-5-10/h6-8,10H,1-5H2,(H,19,20). The lowest BCUT2D eigenvalue weighted by atomic mass is 9.98. The predicted molar refractivity (Wildman–Crippen MR) is 73.4 cm³/mol. The highest BCUT2D eigenvalue weighted by Gasteiger charge is 2.31. The second-order valence-corrected chi connectivity index (χ2v) is 5.39. The van der Waals surface area contributed by atoms with Crippen molar-refractivity contribution in [2.75, 3.05) is 5.32 Å². The Labute approximate surface area is 125 Å². The van der Waals surface area contributed by atoms with E-state index in [-0.39, 0.29) is 16.8 Å². The van der Waals surface area contributed by atoms with Crippen molar-refractivity contribution in [1.82, 2.24) is 0 Å². The number of ether oxygens (including phenoxy) is 1. The third-order valence-electron chi connectivity index (χ3n) is 3.36. The van der Waals surface area contributed by atoms with Crippen LogP contribution in [-0.2, 0) is 10.9 Å². The molecule has 1 amide bonds. The molecule has 1 saturated carbocycles. The Balaban J connectivity index is 2.02. The number of hydrogen-bond acceptors (Lipinski definition) is 2. The van der Waals surface area contributed by atoms with Crippen LogP contribution in [0.3, 0.4) is 0 Å². The maximum absolute atomic E-state index is 12.6. The fraction of sp³-hybridized carbons (Fsp3) is 0.500. The van der Waals surface area contributed by atoms with Gasteiger partial charge in [0, 0.05) is 0 Å². The van der Waals surface area contributed by atoms with Gasteiger partial charge in [0.05, 0.1) is 16.3 Å². The summed E-state index contributed by atoms with van der Waals surface area (Å²) in [6.45, 7) is 0. The zero-order valence-electron chi connectivity index (χ0n) is 11.2. The first kappa shape index (κ1) is 15.9. The molecule has 1 fully saturated rings. The second-order valence-electron chi connectivity index (χ2n) is 4.98. The molecule has 0 aliphatic heterocycles. The lowest BCUT2D eigenvalue weighted by molar-refractivity contribution is -0.137. The summed E-state index contributed by atoms with van der Waals surface area (Å²) in [5, 5.41) is 2.31. The van der Waals surface area contributed by atoms with E-state index in [4.69, 9.17) is 16.3 Å². The van der Waals surface area contributed by atoms with Crippen LogP contribution in [0, 0.1) is 0 Å². The average Bonchev–Trinajstić information content (AvgIpc) is 2.41. The van der Waals surface area contributed by atoms with Gasteiger partial charge in [0.15, 0.2) is 0 Å². The molecule has 0 atom stereocenters. The van der Waals surface area contributed by atoms with Crippen LogP contribution in [0.5, 0.6) is 0 Å². The molecule has 1 aromatic rings. The summed E-state index contributed by atoms with van der Waals surface area (Å²) in [6.07, 6.45) is -0.792. The van der Waals surface area contributed by atoms with Gasteiger partial charge in [-0.3, -0.25) is 5.32 Å². The minimum Gasteiger partial charge on any atom is -0.446 e. The van der Waals surface area contributed by atoms with Crippen LogP contribution in [0.2, 0.25) is 5.02 Å².